The number of piperidine rings is 1. The highest BCUT2D eigenvalue weighted by Gasteiger charge is 2.22. The van der Waals surface area contributed by atoms with Crippen LogP contribution in [0.25, 0.3) is 0 Å². The molecular weight excluding hydrogens is 164 g/mol. The number of likely N-dealkylation sites (tertiary alicyclic amines) is 1. The second kappa shape index (κ2) is 4.42. The van der Waals surface area contributed by atoms with E-state index in [-0.39, 0.29) is 5.91 Å². The van der Waals surface area contributed by atoms with Gasteiger partial charge in [0.15, 0.2) is 0 Å². The van der Waals surface area contributed by atoms with Crippen LogP contribution in [0.15, 0.2) is 12.7 Å². The molecule has 74 valence electrons. The predicted octanol–water partition coefficient (Wildman–Crippen LogP) is 0.771. The Morgan fingerprint density at radius 2 is 2.38 bits per heavy atom. The summed E-state index contributed by atoms with van der Waals surface area (Å²) in [6.07, 6.45) is 3.42. The Hall–Kier alpha value is -0.830. The van der Waals surface area contributed by atoms with Crippen molar-refractivity contribution in [3.05, 3.63) is 12.7 Å². The number of nitrogens with one attached hydrogen (secondary N) is 1. The average molecular weight is 182 g/mol. The summed E-state index contributed by atoms with van der Waals surface area (Å²) in [6, 6.07) is 0.889. The Labute approximate surface area is 79.8 Å². The third kappa shape index (κ3) is 2.84. The fraction of sp³-hybridized carbons (Fsp3) is 0.700. The Kier molecular flexibility index (Phi) is 3.48. The maximum atomic E-state index is 11.0. The molecule has 1 rings (SSSR count). The second-order valence-corrected chi connectivity index (χ2v) is 3.76. The zero-order valence-corrected chi connectivity index (χ0v) is 8.42. The van der Waals surface area contributed by atoms with E-state index in [0.717, 1.165) is 19.4 Å². The molecule has 0 radical (unpaired) electrons. The van der Waals surface area contributed by atoms with E-state index in [1.54, 1.807) is 0 Å². The van der Waals surface area contributed by atoms with Gasteiger partial charge in [-0.2, -0.15) is 0 Å². The van der Waals surface area contributed by atoms with Gasteiger partial charge in [0, 0.05) is 18.6 Å². The summed E-state index contributed by atoms with van der Waals surface area (Å²) in [6.45, 7) is 6.68. The lowest BCUT2D eigenvalue weighted by Gasteiger charge is -2.35. The molecule has 1 aliphatic heterocycles. The molecular formula is C10H18N2O. The van der Waals surface area contributed by atoms with Crippen molar-refractivity contribution in [3.63, 3.8) is 0 Å². The Morgan fingerprint density at radius 1 is 1.69 bits per heavy atom. The van der Waals surface area contributed by atoms with Gasteiger partial charge in [-0.3, -0.25) is 4.79 Å². The first kappa shape index (κ1) is 10.3. The smallest absolute Gasteiger partial charge is 0.243 e. The van der Waals surface area contributed by atoms with E-state index >= 15 is 0 Å². The molecule has 0 aromatic carbocycles. The normalized spacial score (nSPS) is 29.7. The summed E-state index contributed by atoms with van der Waals surface area (Å²) >= 11 is 0. The highest BCUT2D eigenvalue weighted by Crippen LogP contribution is 2.14. The van der Waals surface area contributed by atoms with Crippen molar-refractivity contribution in [2.24, 2.45) is 0 Å². The second-order valence-electron chi connectivity index (χ2n) is 3.76. The molecule has 2 unspecified atom stereocenters. The van der Waals surface area contributed by atoms with Crippen LogP contribution in [0.4, 0.5) is 0 Å². The number of nitrogens with zero attached hydrogens (tertiary/aromatic N) is 1. The molecule has 3 heteroatoms. The van der Waals surface area contributed by atoms with Gasteiger partial charge in [0.05, 0.1) is 0 Å². The maximum absolute atomic E-state index is 11.0. The van der Waals surface area contributed by atoms with Crippen LogP contribution in [-0.4, -0.2) is 36.5 Å². The molecule has 0 aromatic rings. The lowest BCUT2D eigenvalue weighted by atomic mass is 9.99. The number of hydrogen-bond acceptors (Lipinski definition) is 2. The molecule has 2 atom stereocenters. The first-order chi connectivity index (χ1) is 6.13. The SMILES string of the molecule is C=CC(=O)NC1CCN(C)C(C)C1. The van der Waals surface area contributed by atoms with Gasteiger partial charge in [-0.05, 0) is 32.9 Å². The highest BCUT2D eigenvalue weighted by atomic mass is 16.1. The molecule has 1 N–H and O–H groups in total. The van der Waals surface area contributed by atoms with Crippen LogP contribution in [0.2, 0.25) is 0 Å². The maximum Gasteiger partial charge on any atom is 0.243 e. The summed E-state index contributed by atoms with van der Waals surface area (Å²) in [4.78, 5) is 13.3. The van der Waals surface area contributed by atoms with Crippen molar-refractivity contribution in [2.45, 2.75) is 31.8 Å². The van der Waals surface area contributed by atoms with Gasteiger partial charge in [0.2, 0.25) is 5.91 Å². The predicted molar refractivity (Wildman–Crippen MR) is 53.5 cm³/mol. The van der Waals surface area contributed by atoms with E-state index in [1.165, 1.54) is 6.08 Å². The van der Waals surface area contributed by atoms with Gasteiger partial charge in [-0.15, -0.1) is 0 Å². The topological polar surface area (TPSA) is 32.3 Å². The summed E-state index contributed by atoms with van der Waals surface area (Å²) < 4.78 is 0. The summed E-state index contributed by atoms with van der Waals surface area (Å²) in [5.41, 5.74) is 0. The molecule has 1 fully saturated rings. The van der Waals surface area contributed by atoms with Crippen LogP contribution < -0.4 is 5.32 Å². The largest absolute Gasteiger partial charge is 0.350 e. The quantitative estimate of drug-likeness (QED) is 0.640. The van der Waals surface area contributed by atoms with Crippen LogP contribution >= 0.6 is 0 Å². The van der Waals surface area contributed by atoms with Crippen molar-refractivity contribution >= 4 is 5.91 Å². The zero-order valence-electron chi connectivity index (χ0n) is 8.42. The van der Waals surface area contributed by atoms with Crippen LogP contribution in [0.5, 0.6) is 0 Å². The molecule has 0 saturated carbocycles. The van der Waals surface area contributed by atoms with Crippen molar-refractivity contribution in [1.29, 1.82) is 0 Å². The van der Waals surface area contributed by atoms with Gasteiger partial charge in [0.1, 0.15) is 0 Å². The van der Waals surface area contributed by atoms with E-state index in [2.05, 4.69) is 30.8 Å². The highest BCUT2D eigenvalue weighted by molar-refractivity contribution is 5.87. The number of amides is 1. The van der Waals surface area contributed by atoms with Gasteiger partial charge < -0.3 is 10.2 Å². The van der Waals surface area contributed by atoms with Gasteiger partial charge in [-0.1, -0.05) is 6.58 Å². The Balaban J connectivity index is 2.37. The van der Waals surface area contributed by atoms with Crippen LogP contribution in [-0.2, 0) is 4.79 Å². The van der Waals surface area contributed by atoms with E-state index in [4.69, 9.17) is 0 Å². The van der Waals surface area contributed by atoms with E-state index in [9.17, 15) is 4.79 Å². The molecule has 0 spiro atoms. The van der Waals surface area contributed by atoms with E-state index in [1.807, 2.05) is 0 Å². The van der Waals surface area contributed by atoms with Crippen LogP contribution in [0.3, 0.4) is 0 Å². The molecule has 3 nitrogen and oxygen atoms in total. The summed E-state index contributed by atoms with van der Waals surface area (Å²) in [7, 11) is 2.12. The first-order valence-electron chi connectivity index (χ1n) is 4.76. The van der Waals surface area contributed by atoms with Crippen molar-refractivity contribution in [1.82, 2.24) is 10.2 Å². The van der Waals surface area contributed by atoms with Crippen LogP contribution in [0, 0.1) is 0 Å². The molecule has 1 amide bonds. The minimum absolute atomic E-state index is 0.0539. The minimum Gasteiger partial charge on any atom is -0.350 e. The lowest BCUT2D eigenvalue weighted by Crippen LogP contribution is -2.46. The van der Waals surface area contributed by atoms with E-state index < -0.39 is 0 Å². The van der Waals surface area contributed by atoms with Crippen molar-refractivity contribution in [3.8, 4) is 0 Å². The van der Waals surface area contributed by atoms with E-state index in [0.29, 0.717) is 12.1 Å². The number of carbonyl (C=O) groups excluding carboxylic acids is 1. The van der Waals surface area contributed by atoms with Gasteiger partial charge in [0.25, 0.3) is 0 Å². The Bertz CT molecular complexity index is 203. The molecule has 13 heavy (non-hydrogen) atoms. The minimum atomic E-state index is -0.0539. The first-order valence-corrected chi connectivity index (χ1v) is 4.76. The third-order valence-electron chi connectivity index (χ3n) is 2.74. The van der Waals surface area contributed by atoms with Crippen LogP contribution in [0.1, 0.15) is 19.8 Å². The number of rotatable bonds is 2. The third-order valence-corrected chi connectivity index (χ3v) is 2.74. The summed E-state index contributed by atoms with van der Waals surface area (Å²) in [5.74, 6) is -0.0539. The van der Waals surface area contributed by atoms with Gasteiger partial charge in [-0.25, -0.2) is 0 Å². The van der Waals surface area contributed by atoms with Crippen molar-refractivity contribution in [2.75, 3.05) is 13.6 Å². The average Bonchev–Trinajstić information content (AvgIpc) is 2.11. The monoisotopic (exact) mass is 182 g/mol. The Morgan fingerprint density at radius 3 is 2.92 bits per heavy atom. The number of hydrogen-bond donors (Lipinski definition) is 1. The fourth-order valence-electron chi connectivity index (χ4n) is 1.68. The molecule has 1 saturated heterocycles. The van der Waals surface area contributed by atoms with Crippen molar-refractivity contribution < 1.29 is 4.79 Å². The fourth-order valence-corrected chi connectivity index (χ4v) is 1.68. The number of carbonyl (C=O) groups is 1. The molecule has 0 aliphatic carbocycles. The molecule has 0 aromatic heterocycles. The lowest BCUT2D eigenvalue weighted by molar-refractivity contribution is -0.117. The van der Waals surface area contributed by atoms with Gasteiger partial charge >= 0.3 is 0 Å². The standard InChI is InChI=1S/C10H18N2O/c1-4-10(13)11-9-5-6-12(3)8(2)7-9/h4,8-9H,1,5-7H2,2-3H3,(H,11,13). The molecule has 0 bridgehead atoms. The summed E-state index contributed by atoms with van der Waals surface area (Å²) in [5, 5.41) is 2.94. The molecule has 1 aliphatic rings. The molecule has 1 heterocycles. The zero-order chi connectivity index (χ0) is 9.84.